The van der Waals surface area contributed by atoms with Crippen LogP contribution < -0.4 is 32.2 Å². The number of piperazine rings is 1. The van der Waals surface area contributed by atoms with Crippen molar-refractivity contribution in [1.82, 2.24) is 35.0 Å². The molecule has 1 fully saturated rings. The van der Waals surface area contributed by atoms with Crippen molar-refractivity contribution in [2.75, 3.05) is 96.2 Å². The van der Waals surface area contributed by atoms with Crippen LogP contribution in [0.15, 0.2) is 30.5 Å². The minimum Gasteiger partial charge on any atom is -0.496 e. The molecule has 1 aromatic carbocycles. The minimum absolute atomic E-state index is 0.0333. The van der Waals surface area contributed by atoms with Crippen LogP contribution in [0.25, 0.3) is 11.0 Å². The summed E-state index contributed by atoms with van der Waals surface area (Å²) >= 11 is 0.744. The van der Waals surface area contributed by atoms with Crippen LogP contribution in [0.3, 0.4) is 0 Å². The third kappa shape index (κ3) is 16.3. The number of amides is 3. The van der Waals surface area contributed by atoms with Crippen LogP contribution in [0.1, 0.15) is 50.2 Å². The van der Waals surface area contributed by atoms with Crippen molar-refractivity contribution < 1.29 is 48.4 Å². The van der Waals surface area contributed by atoms with Gasteiger partial charge in [-0.1, -0.05) is 31.9 Å². The molecule has 20 nitrogen and oxygen atoms in total. The number of carboxylic acid groups (broad SMARTS) is 2. The molecule has 3 amide bonds. The van der Waals surface area contributed by atoms with E-state index >= 15 is 0 Å². The molecule has 0 saturated carbocycles. The second-order valence-corrected chi connectivity index (χ2v) is 15.7. The van der Waals surface area contributed by atoms with Crippen LogP contribution in [0.5, 0.6) is 5.75 Å². The van der Waals surface area contributed by atoms with Crippen LogP contribution in [0, 0.1) is 0 Å². The number of nitrogens with two attached hydrogens (primary N) is 2. The van der Waals surface area contributed by atoms with E-state index in [0.717, 1.165) is 90.9 Å². The number of hydrogen-bond donors (Lipinski definition) is 7. The number of ether oxygens (including phenoxy) is 3. The van der Waals surface area contributed by atoms with Crippen molar-refractivity contribution >= 4 is 64.2 Å². The van der Waals surface area contributed by atoms with Crippen LogP contribution in [-0.4, -0.2) is 161 Å². The summed E-state index contributed by atoms with van der Waals surface area (Å²) in [5.74, 6) is -2.11. The molecule has 336 valence electrons. The lowest BCUT2D eigenvalue weighted by molar-refractivity contribution is -0.139. The summed E-state index contributed by atoms with van der Waals surface area (Å²) in [5.41, 5.74) is 15.2. The summed E-state index contributed by atoms with van der Waals surface area (Å²) in [6, 6.07) is 6.98. The molecule has 3 heterocycles. The van der Waals surface area contributed by atoms with E-state index in [2.05, 4.69) is 60.5 Å². The molecule has 21 heteroatoms. The molecule has 2 aromatic heterocycles. The Kier molecular flexibility index (Phi) is 20.3. The average Bonchev–Trinajstić information content (AvgIpc) is 3.64. The number of aromatic nitrogens is 3. The summed E-state index contributed by atoms with van der Waals surface area (Å²) in [7, 11) is 1.68. The Morgan fingerprint density at radius 3 is 2.36 bits per heavy atom. The second-order valence-electron chi connectivity index (χ2n) is 14.5. The number of anilines is 2. The smallest absolute Gasteiger partial charge is 0.321 e. The third-order valence-corrected chi connectivity index (χ3v) is 11.1. The van der Waals surface area contributed by atoms with E-state index in [9.17, 15) is 29.1 Å². The fourth-order valence-electron chi connectivity index (χ4n) is 6.47. The SMILES string of the molecule is CCCCCNc1nc(N)nc2ccn(Cc3ccc(CN4CCN(C(=O)CCOCCOCCNC(=O)CNC(=O)C[C@@H](SC[C@H](N)C(=O)O)C(=O)O)CC4)cc3OC)c12. The molecule has 0 radical (unpaired) electrons. The maximum Gasteiger partial charge on any atom is 0.321 e. The Morgan fingerprint density at radius 1 is 0.902 bits per heavy atom. The number of thioether (sulfide) groups is 1. The molecule has 0 bridgehead atoms. The Bertz CT molecular complexity index is 1910. The van der Waals surface area contributed by atoms with E-state index in [4.69, 9.17) is 30.8 Å². The maximum atomic E-state index is 12.8. The first kappa shape index (κ1) is 48.4. The van der Waals surface area contributed by atoms with Gasteiger partial charge in [-0.05, 0) is 24.1 Å². The van der Waals surface area contributed by atoms with Crippen molar-refractivity contribution in [2.45, 2.75) is 63.4 Å². The summed E-state index contributed by atoms with van der Waals surface area (Å²) < 4.78 is 19.0. The minimum atomic E-state index is -1.29. The lowest BCUT2D eigenvalue weighted by Gasteiger charge is -2.35. The normalized spacial score (nSPS) is 14.0. The number of rotatable bonds is 28. The van der Waals surface area contributed by atoms with E-state index in [1.165, 1.54) is 0 Å². The lowest BCUT2D eigenvalue weighted by Crippen LogP contribution is -2.48. The number of hydrogen-bond acceptors (Lipinski definition) is 15. The first-order valence-corrected chi connectivity index (χ1v) is 21.5. The summed E-state index contributed by atoms with van der Waals surface area (Å²) in [5, 5.41) is 25.3. The zero-order valence-electron chi connectivity index (χ0n) is 34.9. The molecule has 1 saturated heterocycles. The van der Waals surface area contributed by atoms with E-state index in [1.54, 1.807) is 7.11 Å². The number of carboxylic acids is 2. The van der Waals surface area contributed by atoms with Gasteiger partial charge in [0.05, 0.1) is 58.6 Å². The van der Waals surface area contributed by atoms with E-state index < -0.39 is 41.5 Å². The molecule has 0 aliphatic carbocycles. The Labute approximate surface area is 359 Å². The molecule has 1 aliphatic rings. The maximum absolute atomic E-state index is 12.8. The zero-order chi connectivity index (χ0) is 44.1. The highest BCUT2D eigenvalue weighted by Gasteiger charge is 2.25. The van der Waals surface area contributed by atoms with Gasteiger partial charge in [-0.15, -0.1) is 11.8 Å². The number of carbonyl (C=O) groups is 5. The van der Waals surface area contributed by atoms with Crippen molar-refractivity contribution in [2.24, 2.45) is 5.73 Å². The number of carbonyl (C=O) groups excluding carboxylic acids is 3. The quantitative estimate of drug-likeness (QED) is 0.0501. The average molecular weight is 873 g/mol. The van der Waals surface area contributed by atoms with E-state index in [0.29, 0.717) is 19.6 Å². The fraction of sp³-hybridized carbons (Fsp3) is 0.575. The van der Waals surface area contributed by atoms with Crippen molar-refractivity contribution in [1.29, 1.82) is 0 Å². The van der Waals surface area contributed by atoms with Crippen LogP contribution in [-0.2, 0) is 46.5 Å². The predicted molar refractivity (Wildman–Crippen MR) is 230 cm³/mol. The summed E-state index contributed by atoms with van der Waals surface area (Å²) in [6.45, 7) is 7.83. The molecule has 0 unspecified atom stereocenters. The number of fused-ring (bicyclic) bond motifs is 1. The Hall–Kier alpha value is -5.22. The van der Waals surface area contributed by atoms with Gasteiger partial charge in [-0.2, -0.15) is 4.98 Å². The molecule has 1 aliphatic heterocycles. The molecule has 3 aromatic rings. The largest absolute Gasteiger partial charge is 0.496 e. The highest BCUT2D eigenvalue weighted by Crippen LogP contribution is 2.28. The van der Waals surface area contributed by atoms with Gasteiger partial charge in [0.1, 0.15) is 22.6 Å². The molecule has 0 spiro atoms. The van der Waals surface area contributed by atoms with Crippen molar-refractivity contribution in [3.63, 3.8) is 0 Å². The predicted octanol–water partition coefficient (Wildman–Crippen LogP) is 0.961. The number of aliphatic carboxylic acids is 2. The van der Waals surface area contributed by atoms with Gasteiger partial charge >= 0.3 is 11.9 Å². The second kappa shape index (κ2) is 25.5. The van der Waals surface area contributed by atoms with Crippen molar-refractivity contribution in [3.05, 3.63) is 41.6 Å². The zero-order valence-corrected chi connectivity index (χ0v) is 35.8. The van der Waals surface area contributed by atoms with Gasteiger partial charge in [0.2, 0.25) is 23.7 Å². The third-order valence-electron chi connectivity index (χ3n) is 9.81. The van der Waals surface area contributed by atoms with Gasteiger partial charge in [-0.3, -0.25) is 28.9 Å². The van der Waals surface area contributed by atoms with Crippen LogP contribution in [0.2, 0.25) is 0 Å². The van der Waals surface area contributed by atoms with E-state index in [1.807, 2.05) is 17.2 Å². The molecule has 61 heavy (non-hydrogen) atoms. The fourth-order valence-corrected chi connectivity index (χ4v) is 7.46. The number of methoxy groups -OCH3 is 1. The summed E-state index contributed by atoms with van der Waals surface area (Å²) in [4.78, 5) is 72.3. The van der Waals surface area contributed by atoms with Crippen molar-refractivity contribution in [3.8, 4) is 5.75 Å². The number of nitrogens with zero attached hydrogens (tertiary/aromatic N) is 5. The number of nitrogen functional groups attached to an aromatic ring is 1. The van der Waals surface area contributed by atoms with Gasteiger partial charge in [0.25, 0.3) is 0 Å². The molecular formula is C40H60N10O10S. The standard InChI is InChI=1S/C40H60N10O10S/c1-3-4-5-10-44-37-36-30(46-40(42)47-37)8-12-50(36)25-28-7-6-27(21-31(28)58-2)24-48-13-15-49(16-14-48)35(53)9-17-59-19-20-60-18-11-43-34(52)23-45-33(51)22-32(39(56)57)61-26-29(41)38(54)55/h6-8,12,21,29,32H,3-5,9-11,13-20,22-26,41H2,1-2H3,(H,43,52)(H,45,51)(H,54,55)(H,56,57)(H3,42,44,46,47)/t29-,32+/m0/s1. The van der Waals surface area contributed by atoms with E-state index in [-0.39, 0.29) is 63.5 Å². The first-order valence-electron chi connectivity index (χ1n) is 20.4. The highest BCUT2D eigenvalue weighted by atomic mass is 32.2. The van der Waals surface area contributed by atoms with Gasteiger partial charge in [0, 0.05) is 69.7 Å². The highest BCUT2D eigenvalue weighted by molar-refractivity contribution is 8.00. The Morgan fingerprint density at radius 2 is 1.66 bits per heavy atom. The topological polar surface area (TPSA) is 279 Å². The number of benzene rings is 1. The Balaban J connectivity index is 1.07. The van der Waals surface area contributed by atoms with Crippen LogP contribution >= 0.6 is 11.8 Å². The van der Waals surface area contributed by atoms with Gasteiger partial charge < -0.3 is 61.3 Å². The van der Waals surface area contributed by atoms with Gasteiger partial charge in [0.15, 0.2) is 5.82 Å². The van der Waals surface area contributed by atoms with Gasteiger partial charge in [-0.25, -0.2) is 4.98 Å². The number of nitrogens with one attached hydrogen (secondary N) is 3. The first-order chi connectivity index (χ1) is 29.4. The monoisotopic (exact) mass is 872 g/mol. The lowest BCUT2D eigenvalue weighted by atomic mass is 10.1. The molecule has 2 atom stereocenters. The molecule has 4 rings (SSSR count). The summed E-state index contributed by atoms with van der Waals surface area (Å²) in [6.07, 6.45) is 5.12. The van der Waals surface area contributed by atoms with Crippen LogP contribution in [0.4, 0.5) is 11.8 Å². The number of unbranched alkanes of at least 4 members (excludes halogenated alkanes) is 2. The molecular weight excluding hydrogens is 813 g/mol. The molecule has 9 N–H and O–H groups in total.